The van der Waals surface area contributed by atoms with Crippen LogP contribution in [-0.2, 0) is 19.5 Å². The van der Waals surface area contributed by atoms with Gasteiger partial charge in [0.15, 0.2) is 11.6 Å². The first-order chi connectivity index (χ1) is 12.5. The number of methoxy groups -OCH3 is 1. The van der Waals surface area contributed by atoms with Crippen LogP contribution in [0.3, 0.4) is 0 Å². The molecule has 6 heteroatoms. The Morgan fingerprint density at radius 1 is 1.19 bits per heavy atom. The summed E-state index contributed by atoms with van der Waals surface area (Å²) in [6.07, 6.45) is 0.605. The summed E-state index contributed by atoms with van der Waals surface area (Å²) in [6, 6.07) is 9.99. The molecule has 0 saturated carbocycles. The highest BCUT2D eigenvalue weighted by Crippen LogP contribution is 2.23. The highest BCUT2D eigenvalue weighted by atomic mass is 16.5. The van der Waals surface area contributed by atoms with Gasteiger partial charge >= 0.3 is 0 Å². The van der Waals surface area contributed by atoms with Crippen LogP contribution in [0.15, 0.2) is 42.5 Å². The number of aryl methyl sites for hydroxylation is 2. The fourth-order valence-corrected chi connectivity index (χ4v) is 2.98. The van der Waals surface area contributed by atoms with Gasteiger partial charge in [-0.05, 0) is 32.9 Å². The predicted molar refractivity (Wildman–Crippen MR) is 102 cm³/mol. The Morgan fingerprint density at radius 3 is 2.62 bits per heavy atom. The van der Waals surface area contributed by atoms with Crippen LogP contribution in [0.4, 0.5) is 0 Å². The second-order valence-electron chi connectivity index (χ2n) is 6.44. The minimum absolute atomic E-state index is 0.605. The fourth-order valence-electron chi connectivity index (χ4n) is 2.98. The quantitative estimate of drug-likeness (QED) is 0.610. The Kier molecular flexibility index (Phi) is 5.21. The number of allylic oxidation sites excluding steroid dienone is 1. The maximum atomic E-state index is 5.45. The molecule has 3 rings (SSSR count). The van der Waals surface area contributed by atoms with E-state index in [1.807, 2.05) is 40.6 Å². The van der Waals surface area contributed by atoms with Gasteiger partial charge in [-0.25, -0.2) is 9.67 Å². The van der Waals surface area contributed by atoms with Crippen molar-refractivity contribution in [2.45, 2.75) is 40.3 Å². The number of ether oxygens (including phenoxy) is 1. The zero-order chi connectivity index (χ0) is 18.7. The van der Waals surface area contributed by atoms with Gasteiger partial charge < -0.3 is 4.74 Å². The molecule has 0 spiro atoms. The molecular weight excluding hydrogens is 326 g/mol. The van der Waals surface area contributed by atoms with Crippen LogP contribution < -0.4 is 4.74 Å². The molecule has 136 valence electrons. The summed E-state index contributed by atoms with van der Waals surface area (Å²) in [5.74, 6) is 2.36. The van der Waals surface area contributed by atoms with Crippen molar-refractivity contribution < 1.29 is 4.74 Å². The van der Waals surface area contributed by atoms with Crippen LogP contribution in [-0.4, -0.2) is 31.7 Å². The molecule has 2 aromatic heterocycles. The van der Waals surface area contributed by atoms with Gasteiger partial charge in [0, 0.05) is 24.2 Å². The molecule has 6 nitrogen and oxygen atoms in total. The standard InChI is InChI=1S/C20H25N5O/c1-6-24-15(4)11-17(22-24)20-21-19(23-25(20)13-14(2)3)12-16-9-7-8-10-18(16)26-5/h7-11H,2,6,12-13H2,1,3-5H3. The van der Waals surface area contributed by atoms with Gasteiger partial charge in [0.25, 0.3) is 0 Å². The zero-order valence-electron chi connectivity index (χ0n) is 15.9. The van der Waals surface area contributed by atoms with Crippen molar-refractivity contribution in [3.05, 3.63) is 59.6 Å². The summed E-state index contributed by atoms with van der Waals surface area (Å²) in [7, 11) is 1.68. The van der Waals surface area contributed by atoms with Gasteiger partial charge in [0.05, 0.1) is 13.7 Å². The lowest BCUT2D eigenvalue weighted by molar-refractivity contribution is 0.410. The first-order valence-corrected chi connectivity index (χ1v) is 8.76. The fraction of sp³-hybridized carbons (Fsp3) is 0.350. The zero-order valence-corrected chi connectivity index (χ0v) is 15.9. The molecule has 0 bridgehead atoms. The molecule has 0 unspecified atom stereocenters. The van der Waals surface area contributed by atoms with Crippen molar-refractivity contribution in [1.29, 1.82) is 0 Å². The number of hydrogen-bond acceptors (Lipinski definition) is 4. The second-order valence-corrected chi connectivity index (χ2v) is 6.44. The molecule has 0 aliphatic carbocycles. The van der Waals surface area contributed by atoms with E-state index in [1.165, 1.54) is 0 Å². The summed E-state index contributed by atoms with van der Waals surface area (Å²) in [4.78, 5) is 4.77. The lowest BCUT2D eigenvalue weighted by Crippen LogP contribution is -2.05. The van der Waals surface area contributed by atoms with Crippen molar-refractivity contribution in [3.8, 4) is 17.3 Å². The van der Waals surface area contributed by atoms with Gasteiger partial charge in [0.1, 0.15) is 11.4 Å². The third-order valence-corrected chi connectivity index (χ3v) is 4.19. The SMILES string of the molecule is C=C(C)Cn1nc(Cc2ccccc2OC)nc1-c1cc(C)n(CC)n1. The molecule has 0 fully saturated rings. The normalized spacial score (nSPS) is 10.9. The van der Waals surface area contributed by atoms with Crippen LogP contribution in [0.2, 0.25) is 0 Å². The summed E-state index contributed by atoms with van der Waals surface area (Å²) in [5, 5.41) is 9.36. The van der Waals surface area contributed by atoms with E-state index in [0.717, 1.165) is 46.5 Å². The highest BCUT2D eigenvalue weighted by Gasteiger charge is 2.17. The van der Waals surface area contributed by atoms with Crippen LogP contribution in [0.25, 0.3) is 11.5 Å². The third-order valence-electron chi connectivity index (χ3n) is 4.19. The van der Waals surface area contributed by atoms with Crippen LogP contribution in [0, 0.1) is 6.92 Å². The number of nitrogens with zero attached hydrogens (tertiary/aromatic N) is 5. The third kappa shape index (κ3) is 3.69. The smallest absolute Gasteiger partial charge is 0.179 e. The first kappa shape index (κ1) is 17.9. The van der Waals surface area contributed by atoms with E-state index in [1.54, 1.807) is 7.11 Å². The molecule has 0 aliphatic heterocycles. The number of aromatic nitrogens is 5. The Hall–Kier alpha value is -2.89. The van der Waals surface area contributed by atoms with Crippen molar-refractivity contribution >= 4 is 0 Å². The Bertz CT molecular complexity index is 922. The number of para-hydroxylation sites is 1. The second kappa shape index (κ2) is 7.56. The Labute approximate surface area is 154 Å². The molecule has 3 aromatic rings. The molecular formula is C20H25N5O. The Morgan fingerprint density at radius 2 is 1.96 bits per heavy atom. The minimum atomic E-state index is 0.605. The molecule has 0 N–H and O–H groups in total. The molecule has 0 radical (unpaired) electrons. The average molecular weight is 351 g/mol. The van der Waals surface area contributed by atoms with Crippen LogP contribution >= 0.6 is 0 Å². The van der Waals surface area contributed by atoms with E-state index >= 15 is 0 Å². The molecule has 0 aliphatic rings. The van der Waals surface area contributed by atoms with Crippen molar-refractivity contribution in [3.63, 3.8) is 0 Å². The average Bonchev–Trinajstić information content (AvgIpc) is 3.17. The van der Waals surface area contributed by atoms with E-state index in [0.29, 0.717) is 13.0 Å². The van der Waals surface area contributed by atoms with E-state index in [4.69, 9.17) is 14.8 Å². The van der Waals surface area contributed by atoms with Crippen LogP contribution in [0.5, 0.6) is 5.75 Å². The van der Waals surface area contributed by atoms with Gasteiger partial charge in [-0.3, -0.25) is 4.68 Å². The van der Waals surface area contributed by atoms with Gasteiger partial charge in [-0.2, -0.15) is 10.2 Å². The first-order valence-electron chi connectivity index (χ1n) is 8.76. The molecule has 0 saturated heterocycles. The molecule has 0 amide bonds. The summed E-state index contributed by atoms with van der Waals surface area (Å²) < 4.78 is 9.30. The molecule has 0 atom stereocenters. The van der Waals surface area contributed by atoms with E-state index in [9.17, 15) is 0 Å². The van der Waals surface area contributed by atoms with Crippen LogP contribution in [0.1, 0.15) is 30.9 Å². The Balaban J connectivity index is 1.99. The largest absolute Gasteiger partial charge is 0.496 e. The van der Waals surface area contributed by atoms with Gasteiger partial charge in [-0.1, -0.05) is 30.4 Å². The van der Waals surface area contributed by atoms with Gasteiger partial charge in [0.2, 0.25) is 0 Å². The van der Waals surface area contributed by atoms with E-state index in [-0.39, 0.29) is 0 Å². The summed E-state index contributed by atoms with van der Waals surface area (Å²) in [6.45, 7) is 11.6. The maximum absolute atomic E-state index is 5.45. The summed E-state index contributed by atoms with van der Waals surface area (Å²) >= 11 is 0. The van der Waals surface area contributed by atoms with Gasteiger partial charge in [-0.15, -0.1) is 0 Å². The monoisotopic (exact) mass is 351 g/mol. The predicted octanol–water partition coefficient (Wildman–Crippen LogP) is 3.65. The highest BCUT2D eigenvalue weighted by molar-refractivity contribution is 5.50. The number of benzene rings is 1. The molecule has 2 heterocycles. The van der Waals surface area contributed by atoms with E-state index in [2.05, 4.69) is 31.6 Å². The minimum Gasteiger partial charge on any atom is -0.496 e. The lowest BCUT2D eigenvalue weighted by Gasteiger charge is -2.05. The lowest BCUT2D eigenvalue weighted by atomic mass is 10.1. The number of rotatable bonds is 7. The maximum Gasteiger partial charge on any atom is 0.179 e. The summed E-state index contributed by atoms with van der Waals surface area (Å²) in [5.41, 5.74) is 4.03. The van der Waals surface area contributed by atoms with E-state index < -0.39 is 0 Å². The van der Waals surface area contributed by atoms with Crippen molar-refractivity contribution in [2.24, 2.45) is 0 Å². The van der Waals surface area contributed by atoms with Crippen molar-refractivity contribution in [1.82, 2.24) is 24.5 Å². The number of hydrogen-bond donors (Lipinski definition) is 0. The molecule has 26 heavy (non-hydrogen) atoms. The van der Waals surface area contributed by atoms with Crippen molar-refractivity contribution in [2.75, 3.05) is 7.11 Å². The topological polar surface area (TPSA) is 57.8 Å². The molecule has 1 aromatic carbocycles.